The number of nitrogens with zero attached hydrogens (tertiary/aromatic N) is 4. The van der Waals surface area contributed by atoms with E-state index in [2.05, 4.69) is 62.6 Å². The van der Waals surface area contributed by atoms with Gasteiger partial charge in [0.1, 0.15) is 0 Å². The SMILES string of the molecule is Cc1ccc(Cn2cc(NC(=O)CCn3cc(Br)cn3)cn2)cc1. The average molecular weight is 388 g/mol. The molecule has 3 rings (SSSR count). The maximum atomic E-state index is 12.0. The number of carbonyl (C=O) groups excluding carboxylic acids is 1. The number of rotatable bonds is 6. The summed E-state index contributed by atoms with van der Waals surface area (Å²) in [5.74, 6) is -0.0588. The quantitative estimate of drug-likeness (QED) is 0.705. The molecule has 2 aromatic heterocycles. The molecule has 24 heavy (non-hydrogen) atoms. The van der Waals surface area contributed by atoms with Crippen LogP contribution in [0.1, 0.15) is 17.5 Å². The Labute approximate surface area is 148 Å². The zero-order valence-electron chi connectivity index (χ0n) is 13.3. The van der Waals surface area contributed by atoms with E-state index in [4.69, 9.17) is 0 Å². The van der Waals surface area contributed by atoms with Crippen molar-refractivity contribution in [2.75, 3.05) is 5.32 Å². The maximum Gasteiger partial charge on any atom is 0.226 e. The van der Waals surface area contributed by atoms with E-state index >= 15 is 0 Å². The van der Waals surface area contributed by atoms with Gasteiger partial charge in [-0.2, -0.15) is 10.2 Å². The number of nitrogens with one attached hydrogen (secondary N) is 1. The second kappa shape index (κ2) is 7.44. The maximum absolute atomic E-state index is 12.0. The summed E-state index contributed by atoms with van der Waals surface area (Å²) in [5.41, 5.74) is 3.11. The molecule has 0 aliphatic rings. The predicted octanol–water partition coefficient (Wildman–Crippen LogP) is 3.23. The van der Waals surface area contributed by atoms with Gasteiger partial charge in [-0.05, 0) is 28.4 Å². The van der Waals surface area contributed by atoms with E-state index in [1.165, 1.54) is 11.1 Å². The lowest BCUT2D eigenvalue weighted by atomic mass is 10.1. The highest BCUT2D eigenvalue weighted by Gasteiger charge is 2.06. The van der Waals surface area contributed by atoms with Gasteiger partial charge in [-0.15, -0.1) is 0 Å². The van der Waals surface area contributed by atoms with E-state index in [0.717, 1.165) is 4.47 Å². The van der Waals surface area contributed by atoms with Crippen molar-refractivity contribution in [2.24, 2.45) is 0 Å². The smallest absolute Gasteiger partial charge is 0.226 e. The highest BCUT2D eigenvalue weighted by Crippen LogP contribution is 2.10. The Morgan fingerprint density at radius 2 is 1.88 bits per heavy atom. The Bertz CT molecular complexity index is 822. The highest BCUT2D eigenvalue weighted by molar-refractivity contribution is 9.10. The third-order valence-corrected chi connectivity index (χ3v) is 3.96. The zero-order chi connectivity index (χ0) is 16.9. The second-order valence-corrected chi connectivity index (χ2v) is 6.55. The molecule has 0 atom stereocenters. The fourth-order valence-corrected chi connectivity index (χ4v) is 2.62. The number of hydrogen-bond acceptors (Lipinski definition) is 3. The van der Waals surface area contributed by atoms with Crippen LogP contribution in [0.25, 0.3) is 0 Å². The number of aryl methyl sites for hydroxylation is 2. The largest absolute Gasteiger partial charge is 0.323 e. The second-order valence-electron chi connectivity index (χ2n) is 5.63. The van der Waals surface area contributed by atoms with Gasteiger partial charge in [-0.25, -0.2) is 0 Å². The molecule has 1 amide bonds. The van der Waals surface area contributed by atoms with Gasteiger partial charge in [-0.1, -0.05) is 29.8 Å². The highest BCUT2D eigenvalue weighted by atomic mass is 79.9. The molecular weight excluding hydrogens is 370 g/mol. The first-order valence-electron chi connectivity index (χ1n) is 7.64. The molecule has 1 aromatic carbocycles. The molecule has 2 heterocycles. The van der Waals surface area contributed by atoms with Gasteiger partial charge in [-0.3, -0.25) is 14.2 Å². The van der Waals surface area contributed by atoms with Crippen molar-refractivity contribution in [3.05, 3.63) is 64.7 Å². The van der Waals surface area contributed by atoms with Crippen molar-refractivity contribution in [1.29, 1.82) is 0 Å². The standard InChI is InChI=1S/C17H18BrN5O/c1-13-2-4-14(5-3-13)10-23-12-16(9-20-23)21-17(24)6-7-22-11-15(18)8-19-22/h2-5,8-9,11-12H,6-7,10H2,1H3,(H,21,24). The van der Waals surface area contributed by atoms with E-state index in [9.17, 15) is 4.79 Å². The lowest BCUT2D eigenvalue weighted by molar-refractivity contribution is -0.116. The molecular formula is C17H18BrN5O. The number of anilines is 1. The zero-order valence-corrected chi connectivity index (χ0v) is 14.9. The van der Waals surface area contributed by atoms with Crippen molar-refractivity contribution in [1.82, 2.24) is 19.6 Å². The fraction of sp³-hybridized carbons (Fsp3) is 0.235. The first kappa shape index (κ1) is 16.4. The van der Waals surface area contributed by atoms with Gasteiger partial charge < -0.3 is 5.32 Å². The van der Waals surface area contributed by atoms with Gasteiger partial charge in [0, 0.05) is 25.4 Å². The Morgan fingerprint density at radius 3 is 2.58 bits per heavy atom. The lowest BCUT2D eigenvalue weighted by Gasteiger charge is -2.03. The molecule has 6 nitrogen and oxygen atoms in total. The monoisotopic (exact) mass is 387 g/mol. The fourth-order valence-electron chi connectivity index (χ4n) is 2.30. The number of benzene rings is 1. The van der Waals surface area contributed by atoms with Crippen LogP contribution in [0.5, 0.6) is 0 Å². The van der Waals surface area contributed by atoms with Crippen LogP contribution in [0.15, 0.2) is 53.5 Å². The van der Waals surface area contributed by atoms with Crippen molar-refractivity contribution >= 4 is 27.5 Å². The molecule has 0 radical (unpaired) electrons. The molecule has 0 bridgehead atoms. The summed E-state index contributed by atoms with van der Waals surface area (Å²) < 4.78 is 4.44. The average Bonchev–Trinajstić information content (AvgIpc) is 3.17. The third-order valence-electron chi connectivity index (χ3n) is 3.55. The normalized spacial score (nSPS) is 10.8. The minimum Gasteiger partial charge on any atom is -0.323 e. The summed E-state index contributed by atoms with van der Waals surface area (Å²) >= 11 is 3.33. The Balaban J connectivity index is 1.51. The van der Waals surface area contributed by atoms with E-state index in [-0.39, 0.29) is 5.91 Å². The minimum atomic E-state index is -0.0588. The molecule has 0 saturated heterocycles. The summed E-state index contributed by atoms with van der Waals surface area (Å²) in [6.45, 7) is 3.28. The van der Waals surface area contributed by atoms with Crippen LogP contribution in [0, 0.1) is 6.92 Å². The van der Waals surface area contributed by atoms with Crippen molar-refractivity contribution in [2.45, 2.75) is 26.4 Å². The first-order chi connectivity index (χ1) is 11.6. The van der Waals surface area contributed by atoms with Crippen LogP contribution in [-0.4, -0.2) is 25.5 Å². The van der Waals surface area contributed by atoms with Gasteiger partial charge in [0.05, 0.1) is 29.1 Å². The molecule has 1 N–H and O–H groups in total. The molecule has 0 spiro atoms. The number of amides is 1. The summed E-state index contributed by atoms with van der Waals surface area (Å²) in [6, 6.07) is 8.32. The number of halogens is 1. The summed E-state index contributed by atoms with van der Waals surface area (Å²) in [4.78, 5) is 12.0. The minimum absolute atomic E-state index is 0.0588. The topological polar surface area (TPSA) is 64.7 Å². The molecule has 3 aromatic rings. The van der Waals surface area contributed by atoms with Gasteiger partial charge in [0.15, 0.2) is 0 Å². The van der Waals surface area contributed by atoms with Crippen molar-refractivity contribution < 1.29 is 4.79 Å². The Morgan fingerprint density at radius 1 is 1.12 bits per heavy atom. The van der Waals surface area contributed by atoms with E-state index in [0.29, 0.717) is 25.2 Å². The number of carbonyl (C=O) groups is 1. The van der Waals surface area contributed by atoms with Gasteiger partial charge >= 0.3 is 0 Å². The Kier molecular flexibility index (Phi) is 5.10. The van der Waals surface area contributed by atoms with E-state index < -0.39 is 0 Å². The number of aromatic nitrogens is 4. The molecule has 0 unspecified atom stereocenters. The predicted molar refractivity (Wildman–Crippen MR) is 95.7 cm³/mol. The lowest BCUT2D eigenvalue weighted by Crippen LogP contribution is -2.14. The third kappa shape index (κ3) is 4.55. The molecule has 0 aliphatic heterocycles. The molecule has 124 valence electrons. The summed E-state index contributed by atoms with van der Waals surface area (Å²) in [6.07, 6.45) is 7.40. The molecule has 0 fully saturated rings. The summed E-state index contributed by atoms with van der Waals surface area (Å²) in [5, 5.41) is 11.3. The van der Waals surface area contributed by atoms with Crippen LogP contribution in [0.4, 0.5) is 5.69 Å². The van der Waals surface area contributed by atoms with Crippen LogP contribution in [0.3, 0.4) is 0 Å². The first-order valence-corrected chi connectivity index (χ1v) is 8.43. The van der Waals surface area contributed by atoms with E-state index in [1.807, 2.05) is 17.1 Å². The molecule has 0 aliphatic carbocycles. The van der Waals surface area contributed by atoms with Crippen LogP contribution >= 0.6 is 15.9 Å². The van der Waals surface area contributed by atoms with Gasteiger partial charge in [0.25, 0.3) is 0 Å². The Hall–Kier alpha value is -2.41. The van der Waals surface area contributed by atoms with Crippen LogP contribution in [-0.2, 0) is 17.9 Å². The van der Waals surface area contributed by atoms with Gasteiger partial charge in [0.2, 0.25) is 5.91 Å². The van der Waals surface area contributed by atoms with E-state index in [1.54, 1.807) is 17.1 Å². The molecule has 7 heteroatoms. The molecule has 0 saturated carbocycles. The van der Waals surface area contributed by atoms with Crippen LogP contribution < -0.4 is 5.32 Å². The number of hydrogen-bond donors (Lipinski definition) is 1. The summed E-state index contributed by atoms with van der Waals surface area (Å²) in [7, 11) is 0. The van der Waals surface area contributed by atoms with Crippen molar-refractivity contribution in [3.63, 3.8) is 0 Å². The van der Waals surface area contributed by atoms with Crippen LogP contribution in [0.2, 0.25) is 0 Å². The van der Waals surface area contributed by atoms with Crippen molar-refractivity contribution in [3.8, 4) is 0 Å².